The van der Waals surface area contributed by atoms with Gasteiger partial charge in [-0.2, -0.15) is 0 Å². The van der Waals surface area contributed by atoms with Gasteiger partial charge in [0.15, 0.2) is 0 Å². The summed E-state index contributed by atoms with van der Waals surface area (Å²) in [6, 6.07) is 21.8. The van der Waals surface area contributed by atoms with Crippen LogP contribution < -0.4 is 15.2 Å². The Morgan fingerprint density at radius 1 is 0.971 bits per heavy atom. The number of hydrogen-bond donors (Lipinski definition) is 1. The van der Waals surface area contributed by atoms with E-state index in [0.29, 0.717) is 21.5 Å². The van der Waals surface area contributed by atoms with Crippen LogP contribution in [-0.2, 0) is 17.1 Å². The van der Waals surface area contributed by atoms with Crippen molar-refractivity contribution in [2.75, 3.05) is 16.7 Å². The zero-order valence-electron chi connectivity index (χ0n) is 19.3. The molecule has 0 unspecified atom stereocenters. The summed E-state index contributed by atoms with van der Waals surface area (Å²) in [5.41, 5.74) is 1.38. The second kappa shape index (κ2) is 9.55. The molecule has 4 rings (SSSR count). The van der Waals surface area contributed by atoms with Gasteiger partial charge in [0.05, 0.1) is 22.0 Å². The number of benzene rings is 3. The number of para-hydroxylation sites is 2. The maximum atomic E-state index is 13.5. The van der Waals surface area contributed by atoms with Gasteiger partial charge in [0.1, 0.15) is 5.69 Å². The van der Waals surface area contributed by atoms with Crippen molar-refractivity contribution in [2.45, 2.75) is 11.8 Å². The molecule has 4 aromatic rings. The zero-order valence-corrected chi connectivity index (χ0v) is 21.7. The quantitative estimate of drug-likeness (QED) is 0.384. The topological polar surface area (TPSA) is 93.4 Å². The van der Waals surface area contributed by atoms with Crippen LogP contribution in [-0.4, -0.2) is 30.7 Å². The largest absolute Gasteiger partial charge is 0.321 e. The minimum absolute atomic E-state index is 0.0272. The van der Waals surface area contributed by atoms with Crippen LogP contribution in [0, 0.1) is 6.92 Å². The van der Waals surface area contributed by atoms with E-state index >= 15 is 0 Å². The number of sulfonamides is 1. The van der Waals surface area contributed by atoms with Gasteiger partial charge < -0.3 is 5.32 Å². The van der Waals surface area contributed by atoms with E-state index < -0.39 is 21.5 Å². The average molecular weight is 555 g/mol. The number of anilines is 2. The third-order valence-corrected chi connectivity index (χ3v) is 8.16. The summed E-state index contributed by atoms with van der Waals surface area (Å²) in [5.74, 6) is -0.459. The summed E-state index contributed by atoms with van der Waals surface area (Å²) in [7, 11) is -1.11. The molecule has 8 nitrogen and oxygen atoms in total. The van der Waals surface area contributed by atoms with Crippen LogP contribution in [0.15, 0.2) is 93.0 Å². The summed E-state index contributed by atoms with van der Waals surface area (Å²) < 4.78 is 31.7. The molecule has 1 amide bonds. The van der Waals surface area contributed by atoms with E-state index in [1.54, 1.807) is 61.1 Å². The Balaban J connectivity index is 1.70. The van der Waals surface area contributed by atoms with Crippen LogP contribution in [0.1, 0.15) is 16.1 Å². The van der Waals surface area contributed by atoms with Gasteiger partial charge in [-0.25, -0.2) is 13.1 Å². The van der Waals surface area contributed by atoms with Gasteiger partial charge >= 0.3 is 0 Å². The van der Waals surface area contributed by atoms with Crippen molar-refractivity contribution < 1.29 is 13.2 Å². The lowest BCUT2D eigenvalue weighted by atomic mass is 10.2. The molecule has 0 aliphatic carbocycles. The Hall–Kier alpha value is -3.63. The lowest BCUT2D eigenvalue weighted by Gasteiger charge is -2.18. The number of halogens is 1. The van der Waals surface area contributed by atoms with E-state index in [9.17, 15) is 18.0 Å². The van der Waals surface area contributed by atoms with Gasteiger partial charge in [0, 0.05) is 24.1 Å². The van der Waals surface area contributed by atoms with Crippen LogP contribution >= 0.6 is 15.9 Å². The molecule has 1 N–H and O–H groups in total. The maximum Gasteiger partial charge on any atom is 0.296 e. The molecular formula is C25H23BrN4O4S. The molecule has 0 bridgehead atoms. The maximum absolute atomic E-state index is 13.5. The molecule has 0 spiro atoms. The van der Waals surface area contributed by atoms with Gasteiger partial charge in [0.2, 0.25) is 0 Å². The number of amides is 1. The van der Waals surface area contributed by atoms with Gasteiger partial charge in [-0.15, -0.1) is 0 Å². The van der Waals surface area contributed by atoms with Crippen molar-refractivity contribution in [3.63, 3.8) is 0 Å². The molecule has 0 atom stereocenters. The predicted molar refractivity (Wildman–Crippen MR) is 140 cm³/mol. The SMILES string of the molecule is Cc1c(N(C)S(=O)(=O)c2cccc(C(=O)Nc3ccccc3Br)c2)c(=O)n(-c2ccccc2)n1C. The zero-order chi connectivity index (χ0) is 25.3. The van der Waals surface area contributed by atoms with E-state index in [1.807, 2.05) is 12.1 Å². The summed E-state index contributed by atoms with van der Waals surface area (Å²) in [6.45, 7) is 1.68. The van der Waals surface area contributed by atoms with Crippen molar-refractivity contribution in [2.24, 2.45) is 7.05 Å². The van der Waals surface area contributed by atoms with Crippen molar-refractivity contribution >= 4 is 43.2 Å². The Morgan fingerprint density at radius 3 is 2.31 bits per heavy atom. The molecule has 0 fully saturated rings. The molecule has 10 heteroatoms. The van der Waals surface area contributed by atoms with Crippen LogP contribution in [0.3, 0.4) is 0 Å². The normalized spacial score (nSPS) is 11.3. The monoisotopic (exact) mass is 554 g/mol. The third-order valence-electron chi connectivity index (χ3n) is 5.72. The lowest BCUT2D eigenvalue weighted by molar-refractivity contribution is 0.102. The first-order chi connectivity index (χ1) is 16.6. The molecule has 35 heavy (non-hydrogen) atoms. The first-order valence-corrected chi connectivity index (χ1v) is 12.8. The highest BCUT2D eigenvalue weighted by atomic mass is 79.9. The number of aromatic nitrogens is 2. The Kier molecular flexibility index (Phi) is 6.68. The minimum Gasteiger partial charge on any atom is -0.321 e. The molecule has 0 radical (unpaired) electrons. The molecule has 0 aliphatic rings. The lowest BCUT2D eigenvalue weighted by Crippen LogP contribution is -2.32. The fourth-order valence-corrected chi connectivity index (χ4v) is 5.43. The Bertz CT molecular complexity index is 1580. The molecule has 180 valence electrons. The van der Waals surface area contributed by atoms with Gasteiger partial charge in [-0.05, 0) is 65.3 Å². The standard InChI is InChI=1S/C25H23BrN4O4S/c1-17-23(25(32)30(28(17)2)19-11-5-4-6-12-19)29(3)35(33,34)20-13-9-10-18(16-20)24(31)27-22-15-8-7-14-21(22)26/h4-16H,1-3H3,(H,27,31). The number of nitrogens with one attached hydrogen (secondary N) is 1. The summed E-state index contributed by atoms with van der Waals surface area (Å²) in [6.07, 6.45) is 0. The van der Waals surface area contributed by atoms with Crippen LogP contribution in [0.25, 0.3) is 5.69 Å². The number of rotatable bonds is 6. The second-order valence-corrected chi connectivity index (χ2v) is 10.7. The first-order valence-electron chi connectivity index (χ1n) is 10.6. The van der Waals surface area contributed by atoms with Crippen LogP contribution in [0.5, 0.6) is 0 Å². The Labute approximate surface area is 211 Å². The molecular weight excluding hydrogens is 532 g/mol. The third kappa shape index (κ3) is 4.54. The molecule has 0 saturated carbocycles. The van der Waals surface area contributed by atoms with E-state index in [1.165, 1.54) is 36.0 Å². The van der Waals surface area contributed by atoms with E-state index in [2.05, 4.69) is 21.2 Å². The molecule has 0 aliphatic heterocycles. The molecule has 0 saturated heterocycles. The first kappa shape index (κ1) is 24.5. The van der Waals surface area contributed by atoms with Crippen LogP contribution in [0.4, 0.5) is 11.4 Å². The highest BCUT2D eigenvalue weighted by Crippen LogP contribution is 2.26. The summed E-state index contributed by atoms with van der Waals surface area (Å²) in [4.78, 5) is 26.0. The van der Waals surface area contributed by atoms with Gasteiger partial charge in [0.25, 0.3) is 21.5 Å². The van der Waals surface area contributed by atoms with E-state index in [0.717, 1.165) is 4.31 Å². The van der Waals surface area contributed by atoms with Gasteiger partial charge in [-0.1, -0.05) is 36.4 Å². The molecule has 1 aromatic heterocycles. The number of carbonyl (C=O) groups excluding carboxylic acids is 1. The van der Waals surface area contributed by atoms with Crippen molar-refractivity contribution in [3.05, 3.63) is 105 Å². The number of carbonyl (C=O) groups is 1. The van der Waals surface area contributed by atoms with Crippen molar-refractivity contribution in [1.82, 2.24) is 9.36 Å². The van der Waals surface area contributed by atoms with E-state index in [4.69, 9.17) is 0 Å². The summed E-state index contributed by atoms with van der Waals surface area (Å²) in [5, 5.41) is 2.76. The van der Waals surface area contributed by atoms with E-state index in [-0.39, 0.29) is 16.1 Å². The minimum atomic E-state index is -4.14. The number of hydrogen-bond acceptors (Lipinski definition) is 4. The highest BCUT2D eigenvalue weighted by molar-refractivity contribution is 9.10. The fourth-order valence-electron chi connectivity index (χ4n) is 3.75. The molecule has 1 heterocycles. The average Bonchev–Trinajstić information content (AvgIpc) is 3.08. The smallest absolute Gasteiger partial charge is 0.296 e. The van der Waals surface area contributed by atoms with Crippen molar-refractivity contribution in [1.29, 1.82) is 0 Å². The number of nitrogens with zero attached hydrogens (tertiary/aromatic N) is 3. The van der Waals surface area contributed by atoms with Crippen LogP contribution in [0.2, 0.25) is 0 Å². The van der Waals surface area contributed by atoms with Gasteiger partial charge in [-0.3, -0.25) is 18.6 Å². The fraction of sp³-hybridized carbons (Fsp3) is 0.120. The summed E-state index contributed by atoms with van der Waals surface area (Å²) >= 11 is 3.38. The van der Waals surface area contributed by atoms with Crippen molar-refractivity contribution in [3.8, 4) is 5.69 Å². The molecule has 3 aromatic carbocycles. The highest BCUT2D eigenvalue weighted by Gasteiger charge is 2.29. The Morgan fingerprint density at radius 2 is 1.63 bits per heavy atom. The second-order valence-electron chi connectivity index (χ2n) is 7.84. The predicted octanol–water partition coefficient (Wildman–Crippen LogP) is 4.32.